The molecule has 0 spiro atoms. The zero-order chi connectivity index (χ0) is 24.1. The Morgan fingerprint density at radius 2 is 1.32 bits per heavy atom. The normalized spacial score (nSPS) is 12.1. The van der Waals surface area contributed by atoms with Gasteiger partial charge in [-0.1, -0.05) is 84.9 Å². The average Bonchev–Trinajstić information content (AvgIpc) is 2.88. The lowest BCUT2D eigenvalue weighted by molar-refractivity contribution is 0.0943. The first-order chi connectivity index (χ1) is 16.4. The molecule has 1 N–H and O–H groups in total. The molecule has 0 aliphatic rings. The molecule has 4 aromatic carbocycles. The summed E-state index contributed by atoms with van der Waals surface area (Å²) in [5, 5.41) is 3.13. The van der Waals surface area contributed by atoms with Crippen LogP contribution in [0.5, 0.6) is 0 Å². The van der Waals surface area contributed by atoms with E-state index in [9.17, 15) is 13.2 Å². The highest BCUT2D eigenvalue weighted by Gasteiger charge is 2.26. The van der Waals surface area contributed by atoms with Crippen molar-refractivity contribution in [3.05, 3.63) is 131 Å². The van der Waals surface area contributed by atoms with Gasteiger partial charge in [-0.15, -0.1) is 0 Å². The van der Waals surface area contributed by atoms with E-state index in [1.54, 1.807) is 42.5 Å². The molecule has 0 aromatic heterocycles. The van der Waals surface area contributed by atoms with Gasteiger partial charge in [0.05, 0.1) is 22.2 Å². The van der Waals surface area contributed by atoms with Crippen molar-refractivity contribution in [3.8, 4) is 0 Å². The molecule has 0 aliphatic carbocycles. The maximum atomic E-state index is 13.6. The lowest BCUT2D eigenvalue weighted by Gasteiger charge is -2.25. The van der Waals surface area contributed by atoms with Gasteiger partial charge in [-0.05, 0) is 47.9 Å². The molecule has 6 heteroatoms. The van der Waals surface area contributed by atoms with E-state index in [0.29, 0.717) is 5.69 Å². The Kier molecular flexibility index (Phi) is 6.80. The van der Waals surface area contributed by atoms with Crippen molar-refractivity contribution in [2.45, 2.75) is 17.9 Å². The number of carbonyl (C=O) groups excluding carboxylic acids is 1. The molecule has 0 heterocycles. The third-order valence-electron chi connectivity index (χ3n) is 5.80. The third kappa shape index (κ3) is 4.72. The molecule has 0 aliphatic heterocycles. The first-order valence-corrected chi connectivity index (χ1v) is 12.4. The van der Waals surface area contributed by atoms with E-state index >= 15 is 0 Å². The largest absolute Gasteiger partial charge is 0.341 e. The standard InChI is InChI=1S/C28H26N2O3S/c1-21-13-9-10-18-24(21)27(22-14-5-3-6-15-22)29-28(31)25-19-11-12-20-26(25)30(2)34(32,33)23-16-7-4-8-17-23/h3-20,27H,1-2H3,(H,29,31). The lowest BCUT2D eigenvalue weighted by atomic mass is 9.94. The van der Waals surface area contributed by atoms with Gasteiger partial charge in [0, 0.05) is 7.05 Å². The number of aryl methyl sites for hydroxylation is 1. The second-order valence-electron chi connectivity index (χ2n) is 7.98. The minimum absolute atomic E-state index is 0.162. The van der Waals surface area contributed by atoms with Crippen LogP contribution in [0.2, 0.25) is 0 Å². The zero-order valence-electron chi connectivity index (χ0n) is 19.0. The van der Waals surface area contributed by atoms with Crippen molar-refractivity contribution in [2.75, 3.05) is 11.4 Å². The number of amides is 1. The predicted octanol–water partition coefficient (Wildman–Crippen LogP) is 5.34. The summed E-state index contributed by atoms with van der Waals surface area (Å²) in [7, 11) is -2.37. The van der Waals surface area contributed by atoms with E-state index in [-0.39, 0.29) is 22.4 Å². The molecule has 4 aromatic rings. The zero-order valence-corrected chi connectivity index (χ0v) is 19.9. The highest BCUT2D eigenvalue weighted by Crippen LogP contribution is 2.29. The molecule has 0 saturated heterocycles. The molecule has 0 fully saturated rings. The van der Waals surface area contributed by atoms with Crippen LogP contribution in [0.15, 0.2) is 114 Å². The number of nitrogens with zero attached hydrogens (tertiary/aromatic N) is 1. The maximum Gasteiger partial charge on any atom is 0.264 e. The summed E-state index contributed by atoms with van der Waals surface area (Å²) in [6, 6.07) is 32.2. The molecule has 1 atom stereocenters. The molecule has 0 saturated carbocycles. The van der Waals surface area contributed by atoms with Crippen LogP contribution in [0.4, 0.5) is 5.69 Å². The van der Waals surface area contributed by atoms with Gasteiger partial charge in [0.2, 0.25) is 0 Å². The Labute approximate surface area is 200 Å². The number of sulfonamides is 1. The van der Waals surface area contributed by atoms with Gasteiger partial charge in [0.1, 0.15) is 0 Å². The molecule has 0 bridgehead atoms. The molecule has 0 radical (unpaired) electrons. The monoisotopic (exact) mass is 470 g/mol. The van der Waals surface area contributed by atoms with Crippen molar-refractivity contribution in [3.63, 3.8) is 0 Å². The number of anilines is 1. The van der Waals surface area contributed by atoms with Crippen LogP contribution < -0.4 is 9.62 Å². The van der Waals surface area contributed by atoms with Gasteiger partial charge in [-0.2, -0.15) is 0 Å². The van der Waals surface area contributed by atoms with Crippen LogP contribution >= 0.6 is 0 Å². The molecule has 5 nitrogen and oxygen atoms in total. The number of carbonyl (C=O) groups is 1. The first-order valence-electron chi connectivity index (χ1n) is 10.9. The predicted molar refractivity (Wildman–Crippen MR) is 135 cm³/mol. The van der Waals surface area contributed by atoms with Gasteiger partial charge >= 0.3 is 0 Å². The van der Waals surface area contributed by atoms with Crippen molar-refractivity contribution < 1.29 is 13.2 Å². The van der Waals surface area contributed by atoms with Gasteiger partial charge in [0.25, 0.3) is 15.9 Å². The van der Waals surface area contributed by atoms with Crippen molar-refractivity contribution in [1.29, 1.82) is 0 Å². The van der Waals surface area contributed by atoms with Gasteiger partial charge in [-0.25, -0.2) is 8.42 Å². The maximum absolute atomic E-state index is 13.6. The van der Waals surface area contributed by atoms with Crippen LogP contribution in [0.25, 0.3) is 0 Å². The highest BCUT2D eigenvalue weighted by molar-refractivity contribution is 7.92. The van der Waals surface area contributed by atoms with Gasteiger partial charge in [0.15, 0.2) is 0 Å². The van der Waals surface area contributed by atoms with Crippen molar-refractivity contribution in [1.82, 2.24) is 5.32 Å². The van der Waals surface area contributed by atoms with Crippen LogP contribution in [-0.4, -0.2) is 21.4 Å². The first kappa shape index (κ1) is 23.3. The number of rotatable bonds is 7. The fourth-order valence-electron chi connectivity index (χ4n) is 3.93. The highest BCUT2D eigenvalue weighted by atomic mass is 32.2. The molecular weight excluding hydrogens is 444 g/mol. The van der Waals surface area contributed by atoms with Crippen LogP contribution in [0.3, 0.4) is 0 Å². The smallest absolute Gasteiger partial charge is 0.264 e. The van der Waals surface area contributed by atoms with E-state index < -0.39 is 10.0 Å². The summed E-state index contributed by atoms with van der Waals surface area (Å²) < 4.78 is 27.6. The summed E-state index contributed by atoms with van der Waals surface area (Å²) in [6.45, 7) is 2.01. The van der Waals surface area contributed by atoms with Crippen LogP contribution in [0, 0.1) is 6.92 Å². The number of para-hydroxylation sites is 1. The molecular formula is C28H26N2O3S. The Hall–Kier alpha value is -3.90. The van der Waals surface area contributed by atoms with Gasteiger partial charge < -0.3 is 5.32 Å². The summed E-state index contributed by atoms with van der Waals surface area (Å²) in [5.41, 5.74) is 3.55. The Morgan fingerprint density at radius 1 is 0.765 bits per heavy atom. The molecule has 172 valence electrons. The molecule has 34 heavy (non-hydrogen) atoms. The minimum Gasteiger partial charge on any atom is -0.341 e. The topological polar surface area (TPSA) is 66.5 Å². The summed E-state index contributed by atoms with van der Waals surface area (Å²) in [6.07, 6.45) is 0. The van der Waals surface area contributed by atoms with E-state index in [4.69, 9.17) is 0 Å². The number of hydrogen-bond donors (Lipinski definition) is 1. The Morgan fingerprint density at radius 3 is 2.00 bits per heavy atom. The quantitative estimate of drug-likeness (QED) is 0.397. The van der Waals surface area contributed by atoms with E-state index in [2.05, 4.69) is 5.32 Å². The number of hydrogen-bond acceptors (Lipinski definition) is 3. The van der Waals surface area contributed by atoms with Crippen molar-refractivity contribution in [2.24, 2.45) is 0 Å². The number of benzene rings is 4. The SMILES string of the molecule is Cc1ccccc1C(NC(=O)c1ccccc1N(C)S(=O)(=O)c1ccccc1)c1ccccc1. The Bertz CT molecular complexity index is 1390. The lowest BCUT2D eigenvalue weighted by Crippen LogP contribution is -2.33. The summed E-state index contributed by atoms with van der Waals surface area (Å²) >= 11 is 0. The van der Waals surface area contributed by atoms with E-state index in [0.717, 1.165) is 21.0 Å². The fraction of sp³-hybridized carbons (Fsp3) is 0.107. The Balaban J connectivity index is 1.72. The fourth-order valence-corrected chi connectivity index (χ4v) is 5.16. The molecule has 1 unspecified atom stereocenters. The van der Waals surface area contributed by atoms with Gasteiger partial charge in [-0.3, -0.25) is 9.10 Å². The second-order valence-corrected chi connectivity index (χ2v) is 9.95. The van der Waals surface area contributed by atoms with Crippen molar-refractivity contribution >= 4 is 21.6 Å². The summed E-state index contributed by atoms with van der Waals surface area (Å²) in [4.78, 5) is 13.7. The van der Waals surface area contributed by atoms with E-state index in [1.807, 2.05) is 61.5 Å². The average molecular weight is 471 g/mol. The van der Waals surface area contributed by atoms with E-state index in [1.165, 1.54) is 19.2 Å². The second kappa shape index (κ2) is 9.93. The third-order valence-corrected chi connectivity index (χ3v) is 7.58. The van der Waals surface area contributed by atoms with Crippen LogP contribution in [-0.2, 0) is 10.0 Å². The summed E-state index contributed by atoms with van der Waals surface area (Å²) in [5.74, 6) is -0.359. The molecule has 1 amide bonds. The van der Waals surface area contributed by atoms with Crippen LogP contribution in [0.1, 0.15) is 33.1 Å². The number of nitrogens with one attached hydrogen (secondary N) is 1. The minimum atomic E-state index is -3.83. The molecule has 4 rings (SSSR count).